The van der Waals surface area contributed by atoms with Gasteiger partial charge in [-0.3, -0.25) is 9.59 Å². The monoisotopic (exact) mass is 202 g/mol. The molecule has 1 atom stereocenters. The van der Waals surface area contributed by atoms with Crippen molar-refractivity contribution < 1.29 is 14.7 Å². The molecule has 1 amide bonds. The second-order valence-corrected chi connectivity index (χ2v) is 3.05. The number of carbonyl (C=O) groups is 2. The van der Waals surface area contributed by atoms with Crippen LogP contribution < -0.4 is 5.73 Å². The maximum absolute atomic E-state index is 11.4. The van der Waals surface area contributed by atoms with Crippen LogP contribution >= 0.6 is 0 Å². The van der Waals surface area contributed by atoms with Crippen molar-refractivity contribution in [1.29, 1.82) is 0 Å². The zero-order valence-corrected chi connectivity index (χ0v) is 8.69. The molecule has 0 aliphatic heterocycles. The molecule has 0 aromatic rings. The highest BCUT2D eigenvalue weighted by Gasteiger charge is 2.15. The van der Waals surface area contributed by atoms with E-state index in [2.05, 4.69) is 0 Å². The van der Waals surface area contributed by atoms with Crippen molar-refractivity contribution in [3.63, 3.8) is 0 Å². The second-order valence-electron chi connectivity index (χ2n) is 3.05. The zero-order valence-electron chi connectivity index (χ0n) is 8.69. The Labute approximate surface area is 83.9 Å². The molecule has 0 saturated heterocycles. The lowest BCUT2D eigenvalue weighted by atomic mass is 10.1. The van der Waals surface area contributed by atoms with Crippen LogP contribution in [-0.4, -0.2) is 41.0 Å². The van der Waals surface area contributed by atoms with E-state index in [9.17, 15) is 9.59 Å². The van der Waals surface area contributed by atoms with Crippen molar-refractivity contribution in [3.8, 4) is 0 Å². The molecule has 5 nitrogen and oxygen atoms in total. The Morgan fingerprint density at radius 3 is 2.21 bits per heavy atom. The Kier molecular flexibility index (Phi) is 5.87. The summed E-state index contributed by atoms with van der Waals surface area (Å²) in [6.07, 6.45) is 0.403. The molecule has 82 valence electrons. The Hall–Kier alpha value is -1.10. The summed E-state index contributed by atoms with van der Waals surface area (Å²) < 4.78 is 0. The Morgan fingerprint density at radius 2 is 1.86 bits per heavy atom. The number of hydrogen-bond donors (Lipinski definition) is 2. The van der Waals surface area contributed by atoms with Gasteiger partial charge in [0.25, 0.3) is 0 Å². The van der Waals surface area contributed by atoms with E-state index in [1.54, 1.807) is 4.90 Å². The van der Waals surface area contributed by atoms with Gasteiger partial charge in [0.15, 0.2) is 0 Å². The van der Waals surface area contributed by atoms with Gasteiger partial charge >= 0.3 is 5.97 Å². The van der Waals surface area contributed by atoms with Crippen LogP contribution in [0, 0.1) is 0 Å². The number of rotatable bonds is 6. The van der Waals surface area contributed by atoms with E-state index < -0.39 is 12.0 Å². The largest absolute Gasteiger partial charge is 0.480 e. The van der Waals surface area contributed by atoms with Crippen molar-refractivity contribution in [1.82, 2.24) is 4.90 Å². The molecule has 0 bridgehead atoms. The summed E-state index contributed by atoms with van der Waals surface area (Å²) in [7, 11) is 0. The van der Waals surface area contributed by atoms with E-state index >= 15 is 0 Å². The fraction of sp³-hybridized carbons (Fsp3) is 0.778. The Morgan fingerprint density at radius 1 is 1.36 bits per heavy atom. The van der Waals surface area contributed by atoms with Crippen molar-refractivity contribution in [2.24, 2.45) is 5.73 Å². The van der Waals surface area contributed by atoms with E-state index in [0.29, 0.717) is 13.1 Å². The lowest BCUT2D eigenvalue weighted by Gasteiger charge is -2.18. The zero-order chi connectivity index (χ0) is 11.1. The molecule has 0 heterocycles. The van der Waals surface area contributed by atoms with Crippen molar-refractivity contribution in [2.75, 3.05) is 13.1 Å². The van der Waals surface area contributed by atoms with Crippen molar-refractivity contribution >= 4 is 11.9 Å². The average Bonchev–Trinajstić information content (AvgIpc) is 2.15. The van der Waals surface area contributed by atoms with Gasteiger partial charge in [0.1, 0.15) is 6.04 Å². The number of amides is 1. The topological polar surface area (TPSA) is 83.6 Å². The first-order chi connectivity index (χ1) is 6.52. The number of nitrogens with two attached hydrogens (primary N) is 1. The normalized spacial score (nSPS) is 12.2. The molecule has 0 aromatic heterocycles. The van der Waals surface area contributed by atoms with E-state index in [-0.39, 0.29) is 18.7 Å². The summed E-state index contributed by atoms with van der Waals surface area (Å²) >= 11 is 0. The molecule has 1 unspecified atom stereocenters. The predicted molar refractivity (Wildman–Crippen MR) is 52.8 cm³/mol. The minimum absolute atomic E-state index is 0.0355. The Bertz CT molecular complexity index is 202. The van der Waals surface area contributed by atoms with E-state index in [0.717, 1.165) is 0 Å². The molecule has 0 spiro atoms. The second kappa shape index (κ2) is 6.37. The lowest BCUT2D eigenvalue weighted by Crippen LogP contribution is -2.34. The molecule has 0 aliphatic carbocycles. The number of carbonyl (C=O) groups excluding carboxylic acids is 1. The third-order valence-electron chi connectivity index (χ3n) is 2.10. The molecular formula is C9H18N2O3. The smallest absolute Gasteiger partial charge is 0.320 e. The van der Waals surface area contributed by atoms with Crippen LogP contribution in [-0.2, 0) is 9.59 Å². The van der Waals surface area contributed by atoms with Gasteiger partial charge in [-0.15, -0.1) is 0 Å². The summed E-state index contributed by atoms with van der Waals surface area (Å²) in [6, 6.07) is -0.936. The minimum Gasteiger partial charge on any atom is -0.480 e. The molecule has 0 aromatic carbocycles. The molecule has 0 rings (SSSR count). The van der Waals surface area contributed by atoms with Crippen LogP contribution in [0.4, 0.5) is 0 Å². The number of aliphatic carboxylic acids is 1. The summed E-state index contributed by atoms with van der Waals surface area (Å²) in [5.74, 6) is -1.09. The molecule has 0 radical (unpaired) electrons. The van der Waals surface area contributed by atoms with Crippen LogP contribution in [0.25, 0.3) is 0 Å². The molecule has 3 N–H and O–H groups in total. The van der Waals surface area contributed by atoms with Gasteiger partial charge in [0.05, 0.1) is 0 Å². The van der Waals surface area contributed by atoms with Gasteiger partial charge in [-0.2, -0.15) is 0 Å². The highest BCUT2D eigenvalue weighted by atomic mass is 16.4. The number of carboxylic acid groups (broad SMARTS) is 1. The van der Waals surface area contributed by atoms with Crippen LogP contribution in [0.15, 0.2) is 0 Å². The van der Waals surface area contributed by atoms with Gasteiger partial charge in [0, 0.05) is 19.5 Å². The summed E-state index contributed by atoms with van der Waals surface area (Å²) in [6.45, 7) is 5.08. The molecule has 0 aliphatic rings. The SMILES string of the molecule is CCN(CC)C(=O)CCC(N)C(=O)O. The predicted octanol–water partition coefficient (Wildman–Crippen LogP) is 0.0469. The van der Waals surface area contributed by atoms with Crippen LogP contribution in [0.5, 0.6) is 0 Å². The lowest BCUT2D eigenvalue weighted by molar-refractivity contribution is -0.139. The molecule has 14 heavy (non-hydrogen) atoms. The van der Waals surface area contributed by atoms with E-state index in [1.807, 2.05) is 13.8 Å². The van der Waals surface area contributed by atoms with Crippen molar-refractivity contribution in [3.05, 3.63) is 0 Å². The number of nitrogens with zero attached hydrogens (tertiary/aromatic N) is 1. The third kappa shape index (κ3) is 4.23. The summed E-state index contributed by atoms with van der Waals surface area (Å²) in [4.78, 5) is 23.4. The van der Waals surface area contributed by atoms with Gasteiger partial charge < -0.3 is 15.7 Å². The summed E-state index contributed by atoms with van der Waals surface area (Å²) in [5.41, 5.74) is 5.28. The van der Waals surface area contributed by atoms with E-state index in [4.69, 9.17) is 10.8 Å². The van der Waals surface area contributed by atoms with Crippen LogP contribution in [0.1, 0.15) is 26.7 Å². The third-order valence-corrected chi connectivity index (χ3v) is 2.10. The summed E-state index contributed by atoms with van der Waals surface area (Å²) in [5, 5.41) is 8.50. The average molecular weight is 202 g/mol. The van der Waals surface area contributed by atoms with E-state index in [1.165, 1.54) is 0 Å². The fourth-order valence-corrected chi connectivity index (χ4v) is 1.14. The number of carboxylic acids is 1. The van der Waals surface area contributed by atoms with Crippen LogP contribution in [0.3, 0.4) is 0 Å². The van der Waals surface area contributed by atoms with Gasteiger partial charge in [-0.05, 0) is 20.3 Å². The molecule has 0 fully saturated rings. The molecule has 5 heteroatoms. The first kappa shape index (κ1) is 12.9. The minimum atomic E-state index is -1.06. The first-order valence-electron chi connectivity index (χ1n) is 4.79. The molecule has 0 saturated carbocycles. The maximum Gasteiger partial charge on any atom is 0.320 e. The van der Waals surface area contributed by atoms with Crippen LogP contribution in [0.2, 0.25) is 0 Å². The highest BCUT2D eigenvalue weighted by molar-refractivity contribution is 5.78. The number of hydrogen-bond acceptors (Lipinski definition) is 3. The fourth-order valence-electron chi connectivity index (χ4n) is 1.14. The highest BCUT2D eigenvalue weighted by Crippen LogP contribution is 2.00. The van der Waals surface area contributed by atoms with Gasteiger partial charge in [0.2, 0.25) is 5.91 Å². The van der Waals surface area contributed by atoms with Gasteiger partial charge in [-0.25, -0.2) is 0 Å². The van der Waals surface area contributed by atoms with Crippen molar-refractivity contribution in [2.45, 2.75) is 32.7 Å². The van der Waals surface area contributed by atoms with Gasteiger partial charge in [-0.1, -0.05) is 0 Å². The maximum atomic E-state index is 11.4. The quantitative estimate of drug-likeness (QED) is 0.637. The Balaban J connectivity index is 3.89. The molecular weight excluding hydrogens is 184 g/mol. The standard InChI is InChI=1S/C9H18N2O3/c1-3-11(4-2)8(12)6-5-7(10)9(13)14/h7H,3-6,10H2,1-2H3,(H,13,14). The first-order valence-corrected chi connectivity index (χ1v) is 4.79.